The smallest absolute Gasteiger partial charge is 0.209 e. The Kier molecular flexibility index (Phi) is 4.62. The lowest BCUT2D eigenvalue weighted by molar-refractivity contribution is 0.126. The summed E-state index contributed by atoms with van der Waals surface area (Å²) in [5.74, 6) is 0. The number of aryl methyl sites for hydroxylation is 1. The van der Waals surface area contributed by atoms with Crippen LogP contribution >= 0.6 is 15.9 Å². The summed E-state index contributed by atoms with van der Waals surface area (Å²) >= 11 is 3.12. The molecule has 1 aromatic carbocycles. The third-order valence-electron chi connectivity index (χ3n) is 2.17. The van der Waals surface area contributed by atoms with Crippen molar-refractivity contribution in [3.8, 4) is 0 Å². The molecule has 1 aromatic rings. The minimum absolute atomic E-state index is 0.00810. The van der Waals surface area contributed by atoms with Crippen LogP contribution in [-0.2, 0) is 10.0 Å². The number of halogens is 3. The SMILES string of the molecule is Cc1ccc(S(=O)(=O)N(C)CC(F)F)c(Br)c1. The van der Waals surface area contributed by atoms with Crippen molar-refractivity contribution in [3.05, 3.63) is 28.2 Å². The summed E-state index contributed by atoms with van der Waals surface area (Å²) in [5, 5.41) is 0. The predicted molar refractivity (Wildman–Crippen MR) is 64.7 cm³/mol. The number of hydrogen-bond donors (Lipinski definition) is 0. The molecule has 0 spiro atoms. The van der Waals surface area contributed by atoms with Crippen LogP contribution in [0.1, 0.15) is 5.56 Å². The Morgan fingerprint density at radius 1 is 1.41 bits per heavy atom. The second-order valence-electron chi connectivity index (χ2n) is 3.61. The summed E-state index contributed by atoms with van der Waals surface area (Å²) in [4.78, 5) is -0.00810. The molecule has 0 bridgehead atoms. The lowest BCUT2D eigenvalue weighted by Gasteiger charge is -2.17. The summed E-state index contributed by atoms with van der Waals surface area (Å²) < 4.78 is 49.3. The molecule has 0 amide bonds. The number of benzene rings is 1. The lowest BCUT2D eigenvalue weighted by atomic mass is 10.2. The Hall–Kier alpha value is -0.530. The van der Waals surface area contributed by atoms with Gasteiger partial charge in [-0.15, -0.1) is 0 Å². The van der Waals surface area contributed by atoms with Crippen LogP contribution in [-0.4, -0.2) is 32.7 Å². The summed E-state index contributed by atoms with van der Waals surface area (Å²) in [6, 6.07) is 4.65. The highest BCUT2D eigenvalue weighted by molar-refractivity contribution is 9.10. The molecule has 0 radical (unpaired) electrons. The second kappa shape index (κ2) is 5.41. The van der Waals surface area contributed by atoms with E-state index in [-0.39, 0.29) is 4.90 Å². The molecule has 0 atom stereocenters. The molecular formula is C10H12BrF2NO2S. The van der Waals surface area contributed by atoms with Crippen LogP contribution in [0, 0.1) is 6.92 Å². The summed E-state index contributed by atoms with van der Waals surface area (Å²) in [5.41, 5.74) is 0.882. The number of hydrogen-bond acceptors (Lipinski definition) is 2. The molecule has 0 aromatic heterocycles. The summed E-state index contributed by atoms with van der Waals surface area (Å²) in [6.45, 7) is 0.993. The van der Waals surface area contributed by atoms with E-state index in [1.54, 1.807) is 12.1 Å². The highest BCUT2D eigenvalue weighted by atomic mass is 79.9. The molecular weight excluding hydrogens is 316 g/mol. The highest BCUT2D eigenvalue weighted by Crippen LogP contribution is 2.25. The van der Waals surface area contributed by atoms with Crippen LogP contribution in [0.25, 0.3) is 0 Å². The summed E-state index contributed by atoms with van der Waals surface area (Å²) in [7, 11) is -2.74. The van der Waals surface area contributed by atoms with E-state index in [0.717, 1.165) is 12.6 Å². The van der Waals surface area contributed by atoms with E-state index in [1.165, 1.54) is 6.07 Å². The molecule has 0 aliphatic rings. The van der Waals surface area contributed by atoms with E-state index in [1.807, 2.05) is 6.92 Å². The Bertz CT molecular complexity index is 505. The van der Waals surface area contributed by atoms with Crippen molar-refractivity contribution in [2.24, 2.45) is 0 Å². The van der Waals surface area contributed by atoms with Crippen LogP contribution in [0.3, 0.4) is 0 Å². The quantitative estimate of drug-likeness (QED) is 0.852. The molecule has 7 heteroatoms. The van der Waals surface area contributed by atoms with E-state index in [2.05, 4.69) is 15.9 Å². The number of rotatable bonds is 4. The fraction of sp³-hybridized carbons (Fsp3) is 0.400. The second-order valence-corrected chi connectivity index (χ2v) is 6.48. The van der Waals surface area contributed by atoms with Gasteiger partial charge in [0, 0.05) is 11.5 Å². The van der Waals surface area contributed by atoms with Crippen molar-refractivity contribution in [2.75, 3.05) is 13.6 Å². The average Bonchev–Trinajstić information content (AvgIpc) is 2.15. The van der Waals surface area contributed by atoms with Crippen LogP contribution in [0.4, 0.5) is 8.78 Å². The monoisotopic (exact) mass is 327 g/mol. The van der Waals surface area contributed by atoms with Gasteiger partial charge in [0.1, 0.15) is 0 Å². The van der Waals surface area contributed by atoms with E-state index >= 15 is 0 Å². The Balaban J connectivity index is 3.13. The van der Waals surface area contributed by atoms with Crippen molar-refractivity contribution in [2.45, 2.75) is 18.2 Å². The van der Waals surface area contributed by atoms with Gasteiger partial charge in [-0.25, -0.2) is 17.2 Å². The van der Waals surface area contributed by atoms with Gasteiger partial charge in [-0.05, 0) is 40.5 Å². The fourth-order valence-corrected chi connectivity index (χ4v) is 3.57. The van der Waals surface area contributed by atoms with E-state index in [0.29, 0.717) is 8.78 Å². The zero-order valence-electron chi connectivity index (χ0n) is 9.32. The van der Waals surface area contributed by atoms with Gasteiger partial charge in [0.25, 0.3) is 6.43 Å². The van der Waals surface area contributed by atoms with Crippen LogP contribution in [0.15, 0.2) is 27.6 Å². The van der Waals surface area contributed by atoms with Gasteiger partial charge in [-0.3, -0.25) is 0 Å². The van der Waals surface area contributed by atoms with Crippen molar-refractivity contribution < 1.29 is 17.2 Å². The van der Waals surface area contributed by atoms with Crippen LogP contribution in [0.2, 0.25) is 0 Å². The largest absolute Gasteiger partial charge is 0.252 e. The van der Waals surface area contributed by atoms with Gasteiger partial charge in [0.05, 0.1) is 11.4 Å². The Morgan fingerprint density at radius 2 is 2.00 bits per heavy atom. The normalized spacial score (nSPS) is 12.4. The van der Waals surface area contributed by atoms with E-state index in [9.17, 15) is 17.2 Å². The Labute approximate surface area is 108 Å². The zero-order valence-corrected chi connectivity index (χ0v) is 11.7. The lowest BCUT2D eigenvalue weighted by Crippen LogP contribution is -2.31. The highest BCUT2D eigenvalue weighted by Gasteiger charge is 2.25. The first-order chi connectivity index (χ1) is 7.75. The first kappa shape index (κ1) is 14.5. The number of sulfonamides is 1. The van der Waals surface area contributed by atoms with Crippen molar-refractivity contribution in [1.82, 2.24) is 4.31 Å². The molecule has 0 saturated carbocycles. The number of alkyl halides is 2. The van der Waals surface area contributed by atoms with E-state index < -0.39 is 23.0 Å². The predicted octanol–water partition coefficient (Wildman–Crippen LogP) is 2.64. The molecule has 0 unspecified atom stereocenters. The van der Waals surface area contributed by atoms with Crippen molar-refractivity contribution in [3.63, 3.8) is 0 Å². The van der Waals surface area contributed by atoms with E-state index in [4.69, 9.17) is 0 Å². The summed E-state index contributed by atoms with van der Waals surface area (Å²) in [6.07, 6.45) is -2.70. The zero-order chi connectivity index (χ0) is 13.2. The van der Waals surface area contributed by atoms with Crippen LogP contribution in [0.5, 0.6) is 0 Å². The van der Waals surface area contributed by atoms with Gasteiger partial charge in [0.15, 0.2) is 0 Å². The molecule has 96 valence electrons. The molecule has 0 heterocycles. The maximum atomic E-state index is 12.2. The van der Waals surface area contributed by atoms with Gasteiger partial charge >= 0.3 is 0 Å². The van der Waals surface area contributed by atoms with Crippen LogP contribution < -0.4 is 0 Å². The maximum absolute atomic E-state index is 12.2. The van der Waals surface area contributed by atoms with Gasteiger partial charge in [-0.2, -0.15) is 4.31 Å². The maximum Gasteiger partial charge on any atom is 0.252 e. The fourth-order valence-electron chi connectivity index (χ4n) is 1.28. The molecule has 0 N–H and O–H groups in total. The molecule has 1 rings (SSSR count). The first-order valence-corrected chi connectivity index (χ1v) is 6.99. The van der Waals surface area contributed by atoms with Gasteiger partial charge in [-0.1, -0.05) is 6.07 Å². The molecule has 17 heavy (non-hydrogen) atoms. The Morgan fingerprint density at radius 3 is 2.47 bits per heavy atom. The third-order valence-corrected chi connectivity index (χ3v) is 4.97. The molecule has 3 nitrogen and oxygen atoms in total. The van der Waals surface area contributed by atoms with Crippen molar-refractivity contribution >= 4 is 26.0 Å². The molecule has 0 aliphatic heterocycles. The van der Waals surface area contributed by atoms with Crippen molar-refractivity contribution in [1.29, 1.82) is 0 Å². The average molecular weight is 328 g/mol. The van der Waals surface area contributed by atoms with Gasteiger partial charge in [0.2, 0.25) is 10.0 Å². The minimum Gasteiger partial charge on any atom is -0.209 e. The standard InChI is InChI=1S/C10H12BrF2NO2S/c1-7-3-4-9(8(11)5-7)17(15,16)14(2)6-10(12)13/h3-5,10H,6H2,1-2H3. The third kappa shape index (κ3) is 3.46. The number of nitrogens with zero attached hydrogens (tertiary/aromatic N) is 1. The van der Waals surface area contributed by atoms with Gasteiger partial charge < -0.3 is 0 Å². The minimum atomic E-state index is -3.88. The topological polar surface area (TPSA) is 37.4 Å². The first-order valence-electron chi connectivity index (χ1n) is 4.76. The molecule has 0 saturated heterocycles. The molecule has 0 aliphatic carbocycles. The molecule has 0 fully saturated rings.